The van der Waals surface area contributed by atoms with Gasteiger partial charge in [-0.25, -0.2) is 0 Å². The molecule has 0 heterocycles. The summed E-state index contributed by atoms with van der Waals surface area (Å²) in [6.07, 6.45) is 2.18. The van der Waals surface area contributed by atoms with Crippen molar-refractivity contribution in [3.63, 3.8) is 0 Å². The number of rotatable bonds is 6. The van der Waals surface area contributed by atoms with Gasteiger partial charge in [0.1, 0.15) is 0 Å². The van der Waals surface area contributed by atoms with E-state index in [0.29, 0.717) is 6.10 Å². The van der Waals surface area contributed by atoms with E-state index >= 15 is 0 Å². The highest BCUT2D eigenvalue weighted by Crippen LogP contribution is 1.84. The smallest absolute Gasteiger partial charge is 0.0594 e. The molecule has 0 saturated carbocycles. The van der Waals surface area contributed by atoms with Crippen molar-refractivity contribution in [2.24, 2.45) is 0 Å². The molecule has 0 aliphatic heterocycles. The Morgan fingerprint density at radius 3 is 2.80 bits per heavy atom. The van der Waals surface area contributed by atoms with Crippen LogP contribution in [-0.4, -0.2) is 25.8 Å². The quantitative estimate of drug-likeness (QED) is 0.445. The van der Waals surface area contributed by atoms with E-state index in [1.165, 1.54) is 0 Å². The summed E-state index contributed by atoms with van der Waals surface area (Å²) in [7, 11) is 0. The van der Waals surface area contributed by atoms with E-state index in [2.05, 4.69) is 11.9 Å². The Labute approximate surface area is 63.3 Å². The minimum atomic E-state index is 0.338. The van der Waals surface area contributed by atoms with E-state index in [4.69, 9.17) is 4.74 Å². The summed E-state index contributed by atoms with van der Waals surface area (Å²) in [5, 5.41) is 3.15. The molecule has 1 N–H and O–H groups in total. The summed E-state index contributed by atoms with van der Waals surface area (Å²) in [4.78, 5) is 0. The van der Waals surface area contributed by atoms with Crippen molar-refractivity contribution in [1.29, 1.82) is 0 Å². The molecule has 0 aromatic rings. The molecule has 2 nitrogen and oxygen atoms in total. The molecule has 0 aromatic carbocycles. The molecular weight excluding hydrogens is 126 g/mol. The van der Waals surface area contributed by atoms with Gasteiger partial charge >= 0.3 is 0 Å². The molecule has 0 aliphatic rings. The van der Waals surface area contributed by atoms with E-state index in [9.17, 15) is 0 Å². The number of hydrogen-bond acceptors (Lipinski definition) is 2. The molecule has 10 heavy (non-hydrogen) atoms. The molecule has 0 atom stereocenters. The summed E-state index contributed by atoms with van der Waals surface area (Å²) in [6, 6.07) is 0. The van der Waals surface area contributed by atoms with Crippen LogP contribution < -0.4 is 5.32 Å². The van der Waals surface area contributed by atoms with Crippen molar-refractivity contribution in [3.05, 3.63) is 12.7 Å². The van der Waals surface area contributed by atoms with Gasteiger partial charge in [-0.1, -0.05) is 6.08 Å². The average Bonchev–Trinajstić information content (AvgIpc) is 1.87. The summed E-state index contributed by atoms with van der Waals surface area (Å²) < 4.78 is 5.29. The van der Waals surface area contributed by atoms with Gasteiger partial charge in [0.25, 0.3) is 0 Å². The molecule has 0 amide bonds. The number of hydrogen-bond donors (Lipinski definition) is 1. The van der Waals surface area contributed by atoms with Crippen LogP contribution in [0.25, 0.3) is 0 Å². The summed E-state index contributed by atoms with van der Waals surface area (Å²) >= 11 is 0. The van der Waals surface area contributed by atoms with Crippen LogP contribution in [0.1, 0.15) is 13.8 Å². The third kappa shape index (κ3) is 7.66. The molecule has 0 unspecified atom stereocenters. The van der Waals surface area contributed by atoms with Crippen LogP contribution in [0.15, 0.2) is 12.7 Å². The third-order valence-electron chi connectivity index (χ3n) is 1.02. The van der Waals surface area contributed by atoms with Gasteiger partial charge in [-0.15, -0.1) is 6.58 Å². The highest BCUT2D eigenvalue weighted by molar-refractivity contribution is 4.68. The number of ether oxygens (including phenoxy) is 1. The minimum Gasteiger partial charge on any atom is -0.377 e. The first-order valence-electron chi connectivity index (χ1n) is 3.70. The zero-order chi connectivity index (χ0) is 7.82. The molecule has 0 aromatic heterocycles. The molecule has 0 rings (SSSR count). The maximum atomic E-state index is 5.29. The number of nitrogens with one attached hydrogen (secondary N) is 1. The fourth-order valence-electron chi connectivity index (χ4n) is 0.571. The Bertz CT molecular complexity index is 81.3. The molecule has 0 aliphatic carbocycles. The first-order valence-corrected chi connectivity index (χ1v) is 3.70. The van der Waals surface area contributed by atoms with Crippen LogP contribution in [0.4, 0.5) is 0 Å². The predicted molar refractivity (Wildman–Crippen MR) is 44.2 cm³/mol. The van der Waals surface area contributed by atoms with Gasteiger partial charge in [-0.05, 0) is 13.8 Å². The summed E-state index contributed by atoms with van der Waals surface area (Å²) in [6.45, 7) is 10.2. The Balaban J connectivity index is 2.83. The van der Waals surface area contributed by atoms with E-state index in [0.717, 1.165) is 19.7 Å². The first-order chi connectivity index (χ1) is 4.77. The second-order valence-corrected chi connectivity index (χ2v) is 2.41. The molecule has 2 heteroatoms. The second-order valence-electron chi connectivity index (χ2n) is 2.41. The topological polar surface area (TPSA) is 21.3 Å². The maximum absolute atomic E-state index is 5.29. The highest BCUT2D eigenvalue weighted by atomic mass is 16.5. The van der Waals surface area contributed by atoms with Crippen LogP contribution in [0.3, 0.4) is 0 Å². The summed E-state index contributed by atoms with van der Waals surface area (Å²) in [5.41, 5.74) is 0. The predicted octanol–water partition coefficient (Wildman–Crippen LogP) is 1.19. The van der Waals surface area contributed by atoms with Crippen LogP contribution in [-0.2, 0) is 4.74 Å². The monoisotopic (exact) mass is 143 g/mol. The normalized spacial score (nSPS) is 10.3. The molecule has 0 bridgehead atoms. The van der Waals surface area contributed by atoms with Gasteiger partial charge < -0.3 is 10.1 Å². The zero-order valence-electron chi connectivity index (χ0n) is 6.89. The van der Waals surface area contributed by atoms with Crippen molar-refractivity contribution in [2.75, 3.05) is 19.7 Å². The lowest BCUT2D eigenvalue weighted by molar-refractivity contribution is 0.0813. The van der Waals surface area contributed by atoms with Gasteiger partial charge in [-0.2, -0.15) is 0 Å². The highest BCUT2D eigenvalue weighted by Gasteiger charge is 1.90. The van der Waals surface area contributed by atoms with Gasteiger partial charge in [0.2, 0.25) is 0 Å². The first kappa shape index (κ1) is 9.66. The van der Waals surface area contributed by atoms with Crippen LogP contribution in [0.5, 0.6) is 0 Å². The fraction of sp³-hybridized carbons (Fsp3) is 0.750. The van der Waals surface area contributed by atoms with Crippen LogP contribution in [0.2, 0.25) is 0 Å². The van der Waals surface area contributed by atoms with Crippen molar-refractivity contribution >= 4 is 0 Å². The molecule has 60 valence electrons. The van der Waals surface area contributed by atoms with Crippen molar-refractivity contribution < 1.29 is 4.74 Å². The van der Waals surface area contributed by atoms with Crippen molar-refractivity contribution in [3.8, 4) is 0 Å². The molecular formula is C8H17NO. The van der Waals surface area contributed by atoms with Gasteiger partial charge in [0, 0.05) is 13.1 Å². The summed E-state index contributed by atoms with van der Waals surface area (Å²) in [5.74, 6) is 0. The Hall–Kier alpha value is -0.340. The lowest BCUT2D eigenvalue weighted by Crippen LogP contribution is -2.21. The minimum absolute atomic E-state index is 0.338. The lowest BCUT2D eigenvalue weighted by atomic mass is 10.5. The Morgan fingerprint density at radius 1 is 1.60 bits per heavy atom. The van der Waals surface area contributed by atoms with E-state index < -0.39 is 0 Å². The van der Waals surface area contributed by atoms with E-state index in [1.54, 1.807) is 0 Å². The Kier molecular flexibility index (Phi) is 6.55. The van der Waals surface area contributed by atoms with E-state index in [-0.39, 0.29) is 0 Å². The van der Waals surface area contributed by atoms with Gasteiger partial charge in [0.15, 0.2) is 0 Å². The zero-order valence-corrected chi connectivity index (χ0v) is 6.89. The third-order valence-corrected chi connectivity index (χ3v) is 1.02. The molecule has 0 saturated heterocycles. The fourth-order valence-corrected chi connectivity index (χ4v) is 0.571. The van der Waals surface area contributed by atoms with Gasteiger partial charge in [-0.3, -0.25) is 0 Å². The molecule has 0 spiro atoms. The maximum Gasteiger partial charge on any atom is 0.0594 e. The molecule has 0 fully saturated rings. The van der Waals surface area contributed by atoms with Crippen molar-refractivity contribution in [1.82, 2.24) is 5.32 Å². The van der Waals surface area contributed by atoms with Crippen LogP contribution >= 0.6 is 0 Å². The van der Waals surface area contributed by atoms with E-state index in [1.807, 2.05) is 19.9 Å². The van der Waals surface area contributed by atoms with Crippen LogP contribution in [0, 0.1) is 0 Å². The largest absolute Gasteiger partial charge is 0.377 e. The Morgan fingerprint density at radius 2 is 2.30 bits per heavy atom. The SMILES string of the molecule is C=CCNCCOC(C)C. The standard InChI is InChI=1S/C8H17NO/c1-4-5-9-6-7-10-8(2)3/h4,8-9H,1,5-7H2,2-3H3. The van der Waals surface area contributed by atoms with Gasteiger partial charge in [0.05, 0.1) is 12.7 Å². The second kappa shape index (κ2) is 6.78. The van der Waals surface area contributed by atoms with Crippen molar-refractivity contribution in [2.45, 2.75) is 20.0 Å². The average molecular weight is 143 g/mol. The molecule has 0 radical (unpaired) electrons. The lowest BCUT2D eigenvalue weighted by Gasteiger charge is -2.06.